The van der Waals surface area contributed by atoms with E-state index < -0.39 is 17.9 Å². The van der Waals surface area contributed by atoms with Crippen LogP contribution in [0.4, 0.5) is 0 Å². The van der Waals surface area contributed by atoms with Gasteiger partial charge < -0.3 is 14.2 Å². The topological polar surface area (TPSA) is 78.9 Å². The molecule has 0 aliphatic rings. The molecule has 0 heterocycles. The number of carbonyl (C=O) groups excluding carboxylic acids is 3. The molecule has 0 saturated carbocycles. The van der Waals surface area contributed by atoms with Crippen LogP contribution in [-0.2, 0) is 28.6 Å². The Morgan fingerprint density at radius 1 is 0.789 bits per heavy atom. The zero-order valence-electron chi connectivity index (χ0n) is 11.6. The van der Waals surface area contributed by atoms with Gasteiger partial charge in [0.2, 0.25) is 0 Å². The van der Waals surface area contributed by atoms with E-state index in [1.54, 1.807) is 20.8 Å². The number of rotatable bonds is 8. The number of hydrogen-bond acceptors (Lipinski definition) is 6. The molecule has 0 aromatic heterocycles. The fraction of sp³-hybridized carbons (Fsp3) is 0.615. The summed E-state index contributed by atoms with van der Waals surface area (Å²) < 4.78 is 14.3. The molecule has 0 bridgehead atoms. The Morgan fingerprint density at radius 2 is 1.21 bits per heavy atom. The summed E-state index contributed by atoms with van der Waals surface area (Å²) in [5, 5.41) is 0. The van der Waals surface area contributed by atoms with Crippen LogP contribution in [0.2, 0.25) is 0 Å². The summed E-state index contributed by atoms with van der Waals surface area (Å²) in [4.78, 5) is 34.1. The Balaban J connectivity index is 4.67. The van der Waals surface area contributed by atoms with Crippen molar-refractivity contribution in [3.63, 3.8) is 0 Å². The molecule has 0 atom stereocenters. The van der Waals surface area contributed by atoms with Crippen LogP contribution in [0.1, 0.15) is 33.6 Å². The minimum Gasteiger partial charge on any atom is -0.466 e. The second-order valence-corrected chi connectivity index (χ2v) is 3.52. The average Bonchev–Trinajstić information content (AvgIpc) is 2.29. The molecule has 6 nitrogen and oxygen atoms in total. The maximum Gasteiger partial charge on any atom is 0.330 e. The lowest BCUT2D eigenvalue weighted by Gasteiger charge is -2.07. The monoisotopic (exact) mass is 272 g/mol. The number of hydrogen-bond donors (Lipinski definition) is 0. The number of carbonyl (C=O) groups is 3. The molecule has 0 radical (unpaired) electrons. The first-order valence-corrected chi connectivity index (χ1v) is 6.20. The zero-order chi connectivity index (χ0) is 14.7. The third-order valence-corrected chi connectivity index (χ3v) is 1.96. The Morgan fingerprint density at radius 3 is 1.58 bits per heavy atom. The summed E-state index contributed by atoms with van der Waals surface area (Å²) in [6, 6.07) is 0. The van der Waals surface area contributed by atoms with Gasteiger partial charge in [-0.15, -0.1) is 0 Å². The van der Waals surface area contributed by atoms with Crippen molar-refractivity contribution in [2.24, 2.45) is 0 Å². The summed E-state index contributed by atoms with van der Waals surface area (Å²) in [6.07, 6.45) is 0.869. The first kappa shape index (κ1) is 17.2. The SMILES string of the molecule is CCOC(=O)C=C(CC(=O)OCC)CC(=O)OCC. The van der Waals surface area contributed by atoms with Crippen LogP contribution < -0.4 is 0 Å². The van der Waals surface area contributed by atoms with Gasteiger partial charge in [-0.25, -0.2) is 4.79 Å². The zero-order valence-corrected chi connectivity index (χ0v) is 11.6. The van der Waals surface area contributed by atoms with Gasteiger partial charge in [-0.3, -0.25) is 9.59 Å². The Bertz CT molecular complexity index is 323. The second-order valence-electron chi connectivity index (χ2n) is 3.52. The van der Waals surface area contributed by atoms with Crippen LogP contribution in [0.25, 0.3) is 0 Å². The molecule has 0 N–H and O–H groups in total. The smallest absolute Gasteiger partial charge is 0.330 e. The van der Waals surface area contributed by atoms with Crippen molar-refractivity contribution in [2.75, 3.05) is 19.8 Å². The van der Waals surface area contributed by atoms with E-state index in [4.69, 9.17) is 14.2 Å². The molecule has 0 spiro atoms. The van der Waals surface area contributed by atoms with Crippen molar-refractivity contribution in [1.82, 2.24) is 0 Å². The van der Waals surface area contributed by atoms with Crippen LogP contribution in [0.15, 0.2) is 11.6 Å². The van der Waals surface area contributed by atoms with Crippen molar-refractivity contribution in [2.45, 2.75) is 33.6 Å². The highest BCUT2D eigenvalue weighted by Crippen LogP contribution is 2.10. The molecule has 0 aromatic rings. The minimum absolute atomic E-state index is 0.133. The lowest BCUT2D eigenvalue weighted by molar-refractivity contribution is -0.143. The third kappa shape index (κ3) is 8.82. The molecular formula is C13H20O6. The van der Waals surface area contributed by atoms with Crippen molar-refractivity contribution in [3.05, 3.63) is 11.6 Å². The highest BCUT2D eigenvalue weighted by molar-refractivity contribution is 5.86. The van der Waals surface area contributed by atoms with Gasteiger partial charge in [-0.05, 0) is 26.3 Å². The molecule has 6 heteroatoms. The molecule has 0 saturated heterocycles. The normalized spacial score (nSPS) is 9.42. The molecule has 0 aliphatic carbocycles. The van der Waals surface area contributed by atoms with E-state index in [1.807, 2.05) is 0 Å². The van der Waals surface area contributed by atoms with Crippen LogP contribution in [-0.4, -0.2) is 37.7 Å². The highest BCUT2D eigenvalue weighted by Gasteiger charge is 2.14. The van der Waals surface area contributed by atoms with Crippen molar-refractivity contribution < 1.29 is 28.6 Å². The lowest BCUT2D eigenvalue weighted by Crippen LogP contribution is -2.12. The van der Waals surface area contributed by atoms with Gasteiger partial charge in [0.25, 0.3) is 0 Å². The fourth-order valence-electron chi connectivity index (χ4n) is 1.31. The van der Waals surface area contributed by atoms with Gasteiger partial charge in [0.1, 0.15) is 0 Å². The molecule has 0 unspecified atom stereocenters. The molecule has 0 fully saturated rings. The van der Waals surface area contributed by atoms with Crippen LogP contribution in [0.3, 0.4) is 0 Å². The Labute approximate surface area is 112 Å². The van der Waals surface area contributed by atoms with Crippen molar-refractivity contribution >= 4 is 17.9 Å². The third-order valence-electron chi connectivity index (χ3n) is 1.96. The number of esters is 3. The van der Waals surface area contributed by atoms with Crippen molar-refractivity contribution in [1.29, 1.82) is 0 Å². The Hall–Kier alpha value is -1.85. The van der Waals surface area contributed by atoms with E-state index in [1.165, 1.54) is 0 Å². The van der Waals surface area contributed by atoms with Gasteiger partial charge in [-0.1, -0.05) is 0 Å². The maximum absolute atomic E-state index is 11.4. The summed E-state index contributed by atoms with van der Waals surface area (Å²) in [5.41, 5.74) is 0.315. The van der Waals surface area contributed by atoms with E-state index in [-0.39, 0.29) is 32.7 Å². The average molecular weight is 272 g/mol. The van der Waals surface area contributed by atoms with E-state index >= 15 is 0 Å². The summed E-state index contributed by atoms with van der Waals surface area (Å²) in [6.45, 7) is 5.73. The quantitative estimate of drug-likeness (QED) is 0.377. The second kappa shape index (κ2) is 10.1. The molecule has 19 heavy (non-hydrogen) atoms. The van der Waals surface area contributed by atoms with E-state index in [2.05, 4.69) is 0 Å². The fourth-order valence-corrected chi connectivity index (χ4v) is 1.31. The molecule has 0 aromatic carbocycles. The van der Waals surface area contributed by atoms with Crippen LogP contribution in [0.5, 0.6) is 0 Å². The summed E-state index contributed by atoms with van der Waals surface area (Å²) >= 11 is 0. The van der Waals surface area contributed by atoms with E-state index in [9.17, 15) is 14.4 Å². The molecule has 0 aliphatic heterocycles. The van der Waals surface area contributed by atoms with Crippen LogP contribution in [0, 0.1) is 0 Å². The summed E-state index contributed by atoms with van der Waals surface area (Å²) in [5.74, 6) is -1.59. The van der Waals surface area contributed by atoms with Crippen LogP contribution >= 0.6 is 0 Å². The number of ether oxygens (including phenoxy) is 3. The standard InChI is InChI=1S/C13H20O6/c1-4-17-11(14)7-10(8-12(15)18-5-2)9-13(16)19-6-3/h7H,4-6,8-9H2,1-3H3. The minimum atomic E-state index is -0.592. The molecule has 0 amide bonds. The first-order chi connectivity index (χ1) is 9.03. The van der Waals surface area contributed by atoms with Gasteiger partial charge in [0, 0.05) is 6.08 Å². The molecule has 108 valence electrons. The first-order valence-electron chi connectivity index (χ1n) is 6.20. The molecule has 0 rings (SSSR count). The Kier molecular flexibility index (Phi) is 9.12. The van der Waals surface area contributed by atoms with Gasteiger partial charge >= 0.3 is 17.9 Å². The van der Waals surface area contributed by atoms with E-state index in [0.29, 0.717) is 5.57 Å². The van der Waals surface area contributed by atoms with Crippen molar-refractivity contribution in [3.8, 4) is 0 Å². The molecular weight excluding hydrogens is 252 g/mol. The summed E-state index contributed by atoms with van der Waals surface area (Å²) in [7, 11) is 0. The maximum atomic E-state index is 11.4. The largest absolute Gasteiger partial charge is 0.466 e. The van der Waals surface area contributed by atoms with Gasteiger partial charge in [0.05, 0.1) is 32.7 Å². The van der Waals surface area contributed by atoms with E-state index in [0.717, 1.165) is 6.08 Å². The predicted octanol–water partition coefficient (Wildman–Crippen LogP) is 1.38. The lowest BCUT2D eigenvalue weighted by atomic mass is 10.1. The highest BCUT2D eigenvalue weighted by atomic mass is 16.5. The predicted molar refractivity (Wildman–Crippen MR) is 67.2 cm³/mol. The van der Waals surface area contributed by atoms with Gasteiger partial charge in [0.15, 0.2) is 0 Å². The van der Waals surface area contributed by atoms with Gasteiger partial charge in [-0.2, -0.15) is 0 Å².